The summed E-state index contributed by atoms with van der Waals surface area (Å²) >= 11 is 0. The first-order chi connectivity index (χ1) is 27.0. The van der Waals surface area contributed by atoms with Crippen molar-refractivity contribution in [3.05, 3.63) is 47.7 Å². The van der Waals surface area contributed by atoms with Crippen LogP contribution in [0.15, 0.2) is 30.5 Å². The van der Waals surface area contributed by atoms with Crippen molar-refractivity contribution in [3.63, 3.8) is 0 Å². The van der Waals surface area contributed by atoms with Crippen LogP contribution >= 0.6 is 0 Å². The standard InChI is InChI=1S/C42H43F4N7O3/c1-4-27-32(43)9-6-23-14-26(54)15-28(33(23)27)34-36(44)38-35(29-18-50(2)49-37(29)34)39(53-24-7-8-25(53)17-51(16-24)12-5-13-55-3)48-40(47-38)56-22-41(10-11-41)21-52-19-30-31(20-52)42(30,45)46/h1,6,9,14-15,18,24-25,30-31,54H,5,7-8,10-13,16-17,19-22H2,2-3H3. The Morgan fingerprint density at radius 2 is 1.73 bits per heavy atom. The molecule has 292 valence electrons. The molecule has 4 unspecified atom stereocenters. The highest BCUT2D eigenvalue weighted by molar-refractivity contribution is 6.18. The first kappa shape index (κ1) is 35.7. The number of phenols is 1. The summed E-state index contributed by atoms with van der Waals surface area (Å²) in [7, 11) is 3.46. The van der Waals surface area contributed by atoms with E-state index >= 15 is 8.78 Å². The number of anilines is 1. The second-order valence-corrected chi connectivity index (χ2v) is 16.7. The van der Waals surface area contributed by atoms with Gasteiger partial charge in [0, 0.05) is 112 Å². The average Bonchev–Trinajstić information content (AvgIpc) is 3.77. The SMILES string of the molecule is C#Cc1c(F)ccc2cc(O)cc(-c3c(F)c4nc(OCC5(CN6CC7C(C6)C7(F)F)CC5)nc(N5C6CCC5CN(CCCOC)C6)c4c4cn(C)nc34)c12. The van der Waals surface area contributed by atoms with Crippen molar-refractivity contribution in [1.29, 1.82) is 0 Å². The van der Waals surface area contributed by atoms with Gasteiger partial charge in [0.15, 0.2) is 5.82 Å². The maximum absolute atomic E-state index is 17.8. The molecular formula is C42H43F4N7O3. The van der Waals surface area contributed by atoms with Gasteiger partial charge in [-0.1, -0.05) is 12.0 Å². The van der Waals surface area contributed by atoms with Crippen molar-refractivity contribution >= 4 is 38.4 Å². The molecule has 3 aliphatic heterocycles. The fraction of sp³-hybridized carbons (Fsp3) is 0.500. The number of aromatic hydroxyl groups is 1. The molecule has 10 nitrogen and oxygen atoms in total. The zero-order chi connectivity index (χ0) is 38.7. The maximum Gasteiger partial charge on any atom is 0.319 e. The minimum Gasteiger partial charge on any atom is -0.508 e. The number of piperidine rings is 1. The van der Waals surface area contributed by atoms with Gasteiger partial charge in [0.2, 0.25) is 0 Å². The average molecular weight is 770 g/mol. The Morgan fingerprint density at radius 3 is 2.43 bits per heavy atom. The molecule has 0 radical (unpaired) electrons. The number of halogens is 4. The Labute approximate surface area is 321 Å². The van der Waals surface area contributed by atoms with Crippen molar-refractivity contribution in [2.75, 3.05) is 64.5 Å². The molecule has 4 atom stereocenters. The van der Waals surface area contributed by atoms with Gasteiger partial charge >= 0.3 is 6.01 Å². The van der Waals surface area contributed by atoms with E-state index in [9.17, 15) is 13.9 Å². The molecule has 0 spiro atoms. The van der Waals surface area contributed by atoms with Crippen molar-refractivity contribution in [3.8, 4) is 35.2 Å². The van der Waals surface area contributed by atoms with Crippen molar-refractivity contribution < 1.29 is 32.1 Å². The zero-order valence-corrected chi connectivity index (χ0v) is 31.4. The van der Waals surface area contributed by atoms with E-state index in [0.717, 1.165) is 51.7 Å². The second kappa shape index (κ2) is 12.9. The van der Waals surface area contributed by atoms with Gasteiger partial charge in [0.05, 0.1) is 17.6 Å². The molecule has 14 heteroatoms. The Balaban J connectivity index is 1.11. The summed E-state index contributed by atoms with van der Waals surface area (Å²) in [6, 6.07) is 5.85. The van der Waals surface area contributed by atoms with Gasteiger partial charge in [0.1, 0.15) is 28.4 Å². The van der Waals surface area contributed by atoms with Gasteiger partial charge in [0.25, 0.3) is 5.92 Å². The summed E-state index contributed by atoms with van der Waals surface area (Å²) in [5, 5.41) is 17.5. The summed E-state index contributed by atoms with van der Waals surface area (Å²) < 4.78 is 74.4. The number of hydrogen-bond acceptors (Lipinski definition) is 9. The summed E-state index contributed by atoms with van der Waals surface area (Å²) in [5.41, 5.74) is 0.262. The molecule has 1 N–H and O–H groups in total. The smallest absolute Gasteiger partial charge is 0.319 e. The number of hydrogen-bond donors (Lipinski definition) is 1. The number of benzene rings is 3. The van der Waals surface area contributed by atoms with Crippen LogP contribution in [-0.4, -0.2) is 112 Å². The number of terminal acetylenes is 1. The van der Waals surface area contributed by atoms with E-state index < -0.39 is 29.4 Å². The van der Waals surface area contributed by atoms with E-state index in [1.54, 1.807) is 18.8 Å². The largest absolute Gasteiger partial charge is 0.508 e. The van der Waals surface area contributed by atoms with Gasteiger partial charge in [-0.15, -0.1) is 6.42 Å². The summed E-state index contributed by atoms with van der Waals surface area (Å²) in [4.78, 5) is 16.8. The molecule has 2 aromatic heterocycles. The Bertz CT molecular complexity index is 2440. The van der Waals surface area contributed by atoms with E-state index in [1.165, 1.54) is 24.3 Å². The minimum atomic E-state index is -2.54. The lowest BCUT2D eigenvalue weighted by Crippen LogP contribution is -2.54. The second-order valence-electron chi connectivity index (χ2n) is 16.7. The molecule has 5 aliphatic rings. The first-order valence-corrected chi connectivity index (χ1v) is 19.5. The molecule has 5 aromatic rings. The van der Waals surface area contributed by atoms with E-state index in [4.69, 9.17) is 31.0 Å². The number of nitrogens with zero attached hydrogens (tertiary/aromatic N) is 7. The maximum atomic E-state index is 17.8. The molecule has 3 aromatic carbocycles. The van der Waals surface area contributed by atoms with Gasteiger partial charge in [-0.2, -0.15) is 15.1 Å². The van der Waals surface area contributed by atoms with E-state index in [0.29, 0.717) is 53.7 Å². The number of fused-ring (bicyclic) bond motifs is 7. The molecular weight excluding hydrogens is 726 g/mol. The third-order valence-electron chi connectivity index (χ3n) is 13.0. The number of rotatable bonds is 11. The highest BCUT2D eigenvalue weighted by Gasteiger charge is 2.71. The first-order valence-electron chi connectivity index (χ1n) is 19.5. The topological polar surface area (TPSA) is 92.0 Å². The lowest BCUT2D eigenvalue weighted by atomic mass is 9.91. The van der Waals surface area contributed by atoms with Crippen molar-refractivity contribution in [2.45, 2.75) is 50.1 Å². The number of phenolic OH excluding ortho intramolecular Hbond substituents is 1. The van der Waals surface area contributed by atoms with Crippen LogP contribution in [0.3, 0.4) is 0 Å². The normalized spacial score (nSPS) is 25.0. The van der Waals surface area contributed by atoms with E-state index in [1.807, 2.05) is 6.20 Å². The van der Waals surface area contributed by atoms with E-state index in [2.05, 4.69) is 20.6 Å². The van der Waals surface area contributed by atoms with Crippen LogP contribution in [0.4, 0.5) is 23.4 Å². The molecule has 2 aliphatic carbocycles. The van der Waals surface area contributed by atoms with Crippen LogP contribution in [0.5, 0.6) is 11.8 Å². The fourth-order valence-corrected chi connectivity index (χ4v) is 10.1. The Hall–Kier alpha value is -4.71. The highest BCUT2D eigenvalue weighted by atomic mass is 19.3. The molecule has 5 heterocycles. The van der Waals surface area contributed by atoms with Crippen LogP contribution < -0.4 is 9.64 Å². The fourth-order valence-electron chi connectivity index (χ4n) is 10.1. The van der Waals surface area contributed by atoms with Crippen LogP contribution in [0.25, 0.3) is 43.7 Å². The molecule has 56 heavy (non-hydrogen) atoms. The number of likely N-dealkylation sites (tertiary alicyclic amines) is 2. The molecule has 3 saturated heterocycles. The van der Waals surface area contributed by atoms with Crippen LogP contribution in [0.2, 0.25) is 0 Å². The summed E-state index contributed by atoms with van der Waals surface area (Å²) in [6.45, 7) is 4.92. The Morgan fingerprint density at radius 1 is 0.982 bits per heavy atom. The van der Waals surface area contributed by atoms with Crippen LogP contribution in [0.1, 0.15) is 37.7 Å². The van der Waals surface area contributed by atoms with Gasteiger partial charge in [-0.25, -0.2) is 17.6 Å². The van der Waals surface area contributed by atoms with Gasteiger partial charge in [-0.3, -0.25) is 9.58 Å². The molecule has 10 rings (SSSR count). The quantitative estimate of drug-likeness (QED) is 0.0939. The van der Waals surface area contributed by atoms with E-state index in [-0.39, 0.29) is 63.5 Å². The molecule has 0 amide bonds. The number of methoxy groups -OCH3 is 1. The lowest BCUT2D eigenvalue weighted by molar-refractivity contribution is 0.0460. The third kappa shape index (κ3) is 5.68. The number of aryl methyl sites for hydroxylation is 1. The van der Waals surface area contributed by atoms with Crippen LogP contribution in [-0.2, 0) is 11.8 Å². The minimum absolute atomic E-state index is 0.0179. The Kier molecular flexibility index (Phi) is 8.23. The summed E-state index contributed by atoms with van der Waals surface area (Å²) in [5.74, 6) is -2.16. The molecule has 5 fully saturated rings. The number of aromatic nitrogens is 4. The third-order valence-corrected chi connectivity index (χ3v) is 13.0. The number of alkyl halides is 2. The van der Waals surface area contributed by atoms with Crippen molar-refractivity contribution in [2.24, 2.45) is 24.3 Å². The van der Waals surface area contributed by atoms with Crippen molar-refractivity contribution in [1.82, 2.24) is 29.5 Å². The predicted molar refractivity (Wildman–Crippen MR) is 204 cm³/mol. The molecule has 2 bridgehead atoms. The van der Waals surface area contributed by atoms with Gasteiger partial charge in [-0.05, 0) is 61.3 Å². The lowest BCUT2D eigenvalue weighted by Gasteiger charge is -2.42. The number of piperazine rings is 1. The van der Waals surface area contributed by atoms with Gasteiger partial charge < -0.3 is 24.4 Å². The number of ether oxygens (including phenoxy) is 2. The zero-order valence-electron chi connectivity index (χ0n) is 31.4. The van der Waals surface area contributed by atoms with Crippen LogP contribution in [0, 0.1) is 41.2 Å². The monoisotopic (exact) mass is 769 g/mol. The predicted octanol–water partition coefficient (Wildman–Crippen LogP) is 6.35. The summed E-state index contributed by atoms with van der Waals surface area (Å²) in [6.07, 6.45) is 12.2. The highest BCUT2D eigenvalue weighted by Crippen LogP contribution is 2.60. The molecule has 2 saturated carbocycles.